The Morgan fingerprint density at radius 3 is 2.39 bits per heavy atom. The van der Waals surface area contributed by atoms with Crippen molar-refractivity contribution in [1.82, 2.24) is 10.2 Å². The fraction of sp³-hybridized carbons (Fsp3) is 0.625. The van der Waals surface area contributed by atoms with Crippen LogP contribution in [-0.4, -0.2) is 36.2 Å². The molecule has 0 amide bonds. The fourth-order valence-corrected chi connectivity index (χ4v) is 4.00. The highest BCUT2D eigenvalue weighted by Gasteiger charge is 2.40. The number of nitrogens with zero attached hydrogens (tertiary/aromatic N) is 1. The Bertz CT molecular complexity index is 569. The van der Waals surface area contributed by atoms with Crippen molar-refractivity contribution >= 4 is 15.9 Å². The van der Waals surface area contributed by atoms with E-state index in [4.69, 9.17) is 0 Å². The van der Waals surface area contributed by atoms with Gasteiger partial charge in [-0.1, -0.05) is 22.4 Å². The maximum absolute atomic E-state index is 13.2. The van der Waals surface area contributed by atoms with E-state index in [1.54, 1.807) is 6.07 Å². The third-order valence-electron chi connectivity index (χ3n) is 4.87. The van der Waals surface area contributed by atoms with Crippen molar-refractivity contribution in [2.45, 2.75) is 31.5 Å². The van der Waals surface area contributed by atoms with Gasteiger partial charge in [0, 0.05) is 42.3 Å². The number of rotatable bonds is 3. The lowest BCUT2D eigenvalue weighted by molar-refractivity contribution is -0.139. The molecule has 0 bridgehead atoms. The number of phenols is 1. The van der Waals surface area contributed by atoms with Crippen LogP contribution in [0.5, 0.6) is 5.75 Å². The van der Waals surface area contributed by atoms with E-state index < -0.39 is 17.5 Å². The van der Waals surface area contributed by atoms with Gasteiger partial charge in [0.1, 0.15) is 5.75 Å². The molecule has 1 aliphatic heterocycles. The van der Waals surface area contributed by atoms with Crippen LogP contribution in [0.15, 0.2) is 16.6 Å². The first kappa shape index (κ1) is 17.0. The topological polar surface area (TPSA) is 35.5 Å². The summed E-state index contributed by atoms with van der Waals surface area (Å²) in [5.41, 5.74) is -0.556. The average molecular weight is 393 g/mol. The van der Waals surface area contributed by atoms with Gasteiger partial charge in [-0.25, -0.2) is 0 Å². The van der Waals surface area contributed by atoms with Crippen molar-refractivity contribution in [3.8, 4) is 5.75 Å². The van der Waals surface area contributed by atoms with Crippen LogP contribution in [0.3, 0.4) is 0 Å². The van der Waals surface area contributed by atoms with Crippen LogP contribution in [0.1, 0.15) is 36.4 Å². The SMILES string of the molecule is Oc1c([C@@H](C2CCC2)N2CCNCC2)cc(Br)cc1C(F)(F)F. The van der Waals surface area contributed by atoms with Crippen LogP contribution < -0.4 is 5.32 Å². The number of aromatic hydroxyl groups is 1. The maximum Gasteiger partial charge on any atom is 0.420 e. The molecule has 2 aliphatic rings. The fourth-order valence-electron chi connectivity index (χ4n) is 3.53. The number of hydrogen-bond acceptors (Lipinski definition) is 3. The van der Waals surface area contributed by atoms with E-state index >= 15 is 0 Å². The second-order valence-corrected chi connectivity index (χ2v) is 7.23. The van der Waals surface area contributed by atoms with Crippen molar-refractivity contribution in [1.29, 1.82) is 0 Å². The monoisotopic (exact) mass is 392 g/mol. The zero-order valence-electron chi connectivity index (χ0n) is 12.7. The second kappa shape index (κ2) is 6.61. The summed E-state index contributed by atoms with van der Waals surface area (Å²) in [6.07, 6.45) is -1.45. The molecule has 3 nitrogen and oxygen atoms in total. The lowest BCUT2D eigenvalue weighted by atomic mass is 9.75. The van der Waals surface area contributed by atoms with Crippen LogP contribution >= 0.6 is 15.9 Å². The van der Waals surface area contributed by atoms with Gasteiger partial charge in [-0.15, -0.1) is 0 Å². The standard InChI is InChI=1S/C16H20BrF3N2O/c17-11-8-12(15(23)13(9-11)16(18,19)20)14(10-2-1-3-10)22-6-4-21-5-7-22/h8-10,14,21,23H,1-7H2/t14-/m1/s1. The molecule has 0 spiro atoms. The van der Waals surface area contributed by atoms with E-state index in [0.717, 1.165) is 51.5 Å². The van der Waals surface area contributed by atoms with Gasteiger partial charge in [-0.2, -0.15) is 13.2 Å². The van der Waals surface area contributed by atoms with Crippen LogP contribution in [-0.2, 0) is 6.18 Å². The van der Waals surface area contributed by atoms with Gasteiger partial charge in [0.15, 0.2) is 0 Å². The molecule has 1 aliphatic carbocycles. The number of benzene rings is 1. The summed E-state index contributed by atoms with van der Waals surface area (Å²) in [5.74, 6) is -0.300. The minimum atomic E-state index is -4.56. The van der Waals surface area contributed by atoms with Crippen molar-refractivity contribution in [2.24, 2.45) is 5.92 Å². The summed E-state index contributed by atoms with van der Waals surface area (Å²) >= 11 is 3.18. The Balaban J connectivity index is 2.03. The third kappa shape index (κ3) is 3.51. The minimum Gasteiger partial charge on any atom is -0.507 e. The summed E-state index contributed by atoms with van der Waals surface area (Å²) in [6.45, 7) is 3.22. The predicted molar refractivity (Wildman–Crippen MR) is 85.3 cm³/mol. The summed E-state index contributed by atoms with van der Waals surface area (Å²) < 4.78 is 40.0. The molecule has 0 aromatic heterocycles. The van der Waals surface area contributed by atoms with Crippen LogP contribution in [0.4, 0.5) is 13.2 Å². The lowest BCUT2D eigenvalue weighted by Crippen LogP contribution is -2.47. The highest BCUT2D eigenvalue weighted by atomic mass is 79.9. The smallest absolute Gasteiger partial charge is 0.420 e. The zero-order valence-corrected chi connectivity index (χ0v) is 14.3. The van der Waals surface area contributed by atoms with Crippen molar-refractivity contribution in [2.75, 3.05) is 26.2 Å². The van der Waals surface area contributed by atoms with Gasteiger partial charge in [0.05, 0.1) is 5.56 Å². The minimum absolute atomic E-state index is 0.149. The Hall–Kier alpha value is -0.790. The quantitative estimate of drug-likeness (QED) is 0.817. The molecule has 1 saturated carbocycles. The number of alkyl halides is 3. The van der Waals surface area contributed by atoms with E-state index in [1.165, 1.54) is 0 Å². The van der Waals surface area contributed by atoms with Gasteiger partial charge >= 0.3 is 6.18 Å². The van der Waals surface area contributed by atoms with Gasteiger partial charge in [-0.05, 0) is 30.9 Å². The Labute approximate surface area is 142 Å². The Kier molecular flexibility index (Phi) is 4.90. The normalized spacial score (nSPS) is 21.9. The average Bonchev–Trinajstić information content (AvgIpc) is 2.45. The van der Waals surface area contributed by atoms with E-state index in [9.17, 15) is 18.3 Å². The molecule has 128 valence electrons. The zero-order chi connectivity index (χ0) is 16.6. The molecular formula is C16H20BrF3N2O. The molecule has 3 rings (SSSR count). The van der Waals surface area contributed by atoms with Crippen molar-refractivity contribution in [3.63, 3.8) is 0 Å². The molecular weight excluding hydrogens is 373 g/mol. The molecule has 0 radical (unpaired) electrons. The summed E-state index contributed by atoms with van der Waals surface area (Å²) in [6, 6.07) is 2.45. The van der Waals surface area contributed by atoms with Crippen LogP contribution in [0, 0.1) is 5.92 Å². The number of nitrogens with one attached hydrogen (secondary N) is 1. The Morgan fingerprint density at radius 1 is 1.22 bits per heavy atom. The van der Waals surface area contributed by atoms with E-state index in [0.29, 0.717) is 16.0 Å². The first-order chi connectivity index (χ1) is 10.9. The predicted octanol–water partition coefficient (Wildman–Crippen LogP) is 3.92. The molecule has 0 unspecified atom stereocenters. The molecule has 7 heteroatoms. The van der Waals surface area contributed by atoms with Gasteiger partial charge in [0.25, 0.3) is 0 Å². The maximum atomic E-state index is 13.2. The van der Waals surface area contributed by atoms with E-state index in [-0.39, 0.29) is 6.04 Å². The number of halogens is 4. The molecule has 2 N–H and O–H groups in total. The largest absolute Gasteiger partial charge is 0.507 e. The lowest BCUT2D eigenvalue weighted by Gasteiger charge is -2.43. The molecule has 1 aromatic carbocycles. The Morgan fingerprint density at radius 2 is 1.87 bits per heavy atom. The summed E-state index contributed by atoms with van der Waals surface area (Å²) in [5, 5.41) is 13.6. The molecule has 1 aromatic rings. The first-order valence-electron chi connectivity index (χ1n) is 7.92. The molecule has 1 saturated heterocycles. The third-order valence-corrected chi connectivity index (χ3v) is 5.33. The van der Waals surface area contributed by atoms with Crippen molar-refractivity contribution in [3.05, 3.63) is 27.7 Å². The second-order valence-electron chi connectivity index (χ2n) is 6.31. The number of phenolic OH excluding ortho intramolecular Hbond substituents is 1. The van der Waals surface area contributed by atoms with E-state index in [1.807, 2.05) is 0 Å². The van der Waals surface area contributed by atoms with Crippen LogP contribution in [0.2, 0.25) is 0 Å². The summed E-state index contributed by atoms with van der Waals surface area (Å²) in [7, 11) is 0. The van der Waals surface area contributed by atoms with Gasteiger partial charge in [0.2, 0.25) is 0 Å². The number of piperazine rings is 1. The molecule has 1 heterocycles. The molecule has 1 atom stereocenters. The summed E-state index contributed by atoms with van der Waals surface area (Å²) in [4.78, 5) is 2.21. The van der Waals surface area contributed by atoms with Crippen LogP contribution in [0.25, 0.3) is 0 Å². The van der Waals surface area contributed by atoms with Gasteiger partial charge < -0.3 is 10.4 Å². The van der Waals surface area contributed by atoms with E-state index in [2.05, 4.69) is 26.1 Å². The highest BCUT2D eigenvalue weighted by Crippen LogP contribution is 2.48. The molecule has 2 fully saturated rings. The highest BCUT2D eigenvalue weighted by molar-refractivity contribution is 9.10. The first-order valence-corrected chi connectivity index (χ1v) is 8.71. The number of hydrogen-bond donors (Lipinski definition) is 2. The van der Waals surface area contributed by atoms with Gasteiger partial charge in [-0.3, -0.25) is 4.90 Å². The van der Waals surface area contributed by atoms with Crippen molar-refractivity contribution < 1.29 is 18.3 Å². The molecule has 23 heavy (non-hydrogen) atoms.